The van der Waals surface area contributed by atoms with Crippen molar-refractivity contribution in [2.24, 2.45) is 0 Å². The van der Waals surface area contributed by atoms with Gasteiger partial charge in [-0.15, -0.1) is 0 Å². The lowest BCUT2D eigenvalue weighted by atomic mass is 10.0. The summed E-state index contributed by atoms with van der Waals surface area (Å²) in [7, 11) is 0. The third-order valence-corrected chi connectivity index (χ3v) is 5.51. The maximum atomic E-state index is 13.0. The van der Waals surface area contributed by atoms with Crippen LogP contribution in [0.2, 0.25) is 0 Å². The Morgan fingerprint density at radius 1 is 0.852 bits per heavy atom. The van der Waals surface area contributed by atoms with Gasteiger partial charge in [-0.2, -0.15) is 26.3 Å². The van der Waals surface area contributed by atoms with E-state index in [1.165, 1.54) is 0 Å². The summed E-state index contributed by atoms with van der Waals surface area (Å²) in [5.74, 6) is 0. The number of hydrogen-bond donors (Lipinski definition) is 1. The van der Waals surface area contributed by atoms with Crippen LogP contribution in [0.15, 0.2) is 36.5 Å². The quantitative estimate of drug-likeness (QED) is 0.781. The van der Waals surface area contributed by atoms with E-state index in [9.17, 15) is 31.4 Å². The first kappa shape index (κ1) is 19.7. The number of halogens is 6. The van der Waals surface area contributed by atoms with Crippen LogP contribution in [0.5, 0.6) is 0 Å². The number of anilines is 2. The molecular weight excluding hydrogens is 396 g/mol. The molecule has 2 heterocycles. The fraction of sp³-hybridized carbons (Fsp3) is 0.438. The van der Waals surface area contributed by atoms with E-state index in [-0.39, 0.29) is 16.5 Å². The van der Waals surface area contributed by atoms with Crippen molar-refractivity contribution in [1.82, 2.24) is 4.98 Å². The lowest BCUT2D eigenvalue weighted by Crippen LogP contribution is -2.53. The summed E-state index contributed by atoms with van der Waals surface area (Å²) >= 11 is 0.203. The minimum atomic E-state index is -5.90. The highest BCUT2D eigenvalue weighted by atomic mass is 32.1. The summed E-state index contributed by atoms with van der Waals surface area (Å²) in [6, 6.07) is 9.47. The van der Waals surface area contributed by atoms with Crippen LogP contribution < -0.4 is 9.80 Å². The van der Waals surface area contributed by atoms with Crippen LogP contribution in [0.4, 0.5) is 37.2 Å². The molecule has 148 valence electrons. The first-order valence-electron chi connectivity index (χ1n) is 7.91. The lowest BCUT2D eigenvalue weighted by molar-refractivity contribution is -0.375. The summed E-state index contributed by atoms with van der Waals surface area (Å²) < 4.78 is 77.8. The first-order chi connectivity index (χ1) is 12.5. The molecule has 1 N–H and O–H groups in total. The van der Waals surface area contributed by atoms with E-state index >= 15 is 0 Å². The number of aromatic nitrogens is 1. The first-order valence-corrected chi connectivity index (χ1v) is 8.73. The maximum absolute atomic E-state index is 13.0. The van der Waals surface area contributed by atoms with Crippen LogP contribution in [-0.2, 0) is 5.60 Å². The van der Waals surface area contributed by atoms with E-state index in [4.69, 9.17) is 0 Å². The number of aliphatic hydroxyl groups is 1. The Kier molecular flexibility index (Phi) is 5.02. The molecule has 2 aromatic rings. The van der Waals surface area contributed by atoms with Gasteiger partial charge in [-0.25, -0.2) is 4.98 Å². The molecule has 0 radical (unpaired) electrons. The van der Waals surface area contributed by atoms with Crippen LogP contribution in [-0.4, -0.2) is 48.6 Å². The second-order valence-corrected chi connectivity index (χ2v) is 7.03. The number of hydrogen-bond acceptors (Lipinski definition) is 5. The third-order valence-electron chi connectivity index (χ3n) is 4.34. The largest absolute Gasteiger partial charge is 0.431 e. The van der Waals surface area contributed by atoms with Crippen molar-refractivity contribution < 1.29 is 31.4 Å². The van der Waals surface area contributed by atoms with Gasteiger partial charge in [-0.3, -0.25) is 0 Å². The molecule has 1 aliphatic heterocycles. The van der Waals surface area contributed by atoms with Crippen LogP contribution in [0.25, 0.3) is 0 Å². The van der Waals surface area contributed by atoms with Crippen LogP contribution in [0, 0.1) is 0 Å². The Balaban J connectivity index is 1.77. The third kappa shape index (κ3) is 3.57. The lowest BCUT2D eigenvalue weighted by Gasteiger charge is -2.36. The zero-order valence-electron chi connectivity index (χ0n) is 13.8. The fourth-order valence-electron chi connectivity index (χ4n) is 2.81. The monoisotopic (exact) mass is 411 g/mol. The van der Waals surface area contributed by atoms with Gasteiger partial charge < -0.3 is 14.9 Å². The van der Waals surface area contributed by atoms with Crippen LogP contribution >= 0.6 is 11.3 Å². The average molecular weight is 411 g/mol. The topological polar surface area (TPSA) is 39.6 Å². The van der Waals surface area contributed by atoms with E-state index in [1.54, 1.807) is 4.90 Å². The Morgan fingerprint density at radius 2 is 1.37 bits per heavy atom. The molecule has 4 nitrogen and oxygen atoms in total. The zero-order valence-corrected chi connectivity index (χ0v) is 14.6. The van der Waals surface area contributed by atoms with Gasteiger partial charge in [0, 0.05) is 38.1 Å². The van der Waals surface area contributed by atoms with Crippen LogP contribution in [0.1, 0.15) is 4.88 Å². The average Bonchev–Trinajstić information content (AvgIpc) is 3.10. The molecule has 1 aromatic carbocycles. The standard InChI is InChI=1S/C16H15F6N3OS/c17-15(18,19)14(26,16(20,21)22)12-10-23-13(27-12)25-8-6-24(7-9-25)11-4-2-1-3-5-11/h1-5,10,26H,6-9H2. The van der Waals surface area contributed by atoms with E-state index in [0.29, 0.717) is 32.4 Å². The van der Waals surface area contributed by atoms with Crippen molar-refractivity contribution in [3.05, 3.63) is 41.4 Å². The molecule has 0 atom stereocenters. The van der Waals surface area contributed by atoms with Crippen molar-refractivity contribution in [2.75, 3.05) is 36.0 Å². The Labute approximate surface area is 154 Å². The minimum absolute atomic E-state index is 0.0182. The molecule has 27 heavy (non-hydrogen) atoms. The molecule has 0 saturated carbocycles. The van der Waals surface area contributed by atoms with E-state index < -0.39 is 22.8 Å². The number of rotatable bonds is 3. The van der Waals surface area contributed by atoms with E-state index in [2.05, 4.69) is 9.88 Å². The van der Waals surface area contributed by atoms with Gasteiger partial charge in [-0.1, -0.05) is 29.5 Å². The summed E-state index contributed by atoms with van der Waals surface area (Å²) in [4.78, 5) is 6.08. The Bertz CT molecular complexity index is 754. The highest BCUT2D eigenvalue weighted by molar-refractivity contribution is 7.15. The molecule has 3 rings (SSSR count). The van der Waals surface area contributed by atoms with Crippen LogP contribution in [0.3, 0.4) is 0 Å². The van der Waals surface area contributed by atoms with Crippen molar-refractivity contribution >= 4 is 22.2 Å². The molecule has 1 saturated heterocycles. The fourth-order valence-corrected chi connectivity index (χ4v) is 3.91. The predicted octanol–water partition coefficient (Wildman–Crippen LogP) is 3.78. The number of piperazine rings is 1. The molecule has 0 aliphatic carbocycles. The minimum Gasteiger partial charge on any atom is -0.369 e. The van der Waals surface area contributed by atoms with Gasteiger partial charge in [0.05, 0.1) is 4.88 Å². The number of nitrogens with zero attached hydrogens (tertiary/aromatic N) is 3. The van der Waals surface area contributed by atoms with Gasteiger partial charge in [0.2, 0.25) is 0 Å². The SMILES string of the molecule is OC(c1cnc(N2CCN(c3ccccc3)CC2)s1)(C(F)(F)F)C(F)(F)F. The molecule has 1 aliphatic rings. The molecule has 1 fully saturated rings. The van der Waals surface area contributed by atoms with Gasteiger partial charge >= 0.3 is 12.4 Å². The molecule has 11 heteroatoms. The summed E-state index contributed by atoms with van der Waals surface area (Å²) in [5, 5.41) is 9.47. The summed E-state index contributed by atoms with van der Waals surface area (Å²) in [6.07, 6.45) is -11.4. The van der Waals surface area contributed by atoms with Gasteiger partial charge in [0.15, 0.2) is 5.13 Å². The summed E-state index contributed by atoms with van der Waals surface area (Å²) in [5.41, 5.74) is -3.94. The molecule has 0 spiro atoms. The normalized spacial score (nSPS) is 16.7. The molecule has 1 aromatic heterocycles. The van der Waals surface area contributed by atoms with Gasteiger partial charge in [0.25, 0.3) is 5.60 Å². The Morgan fingerprint density at radius 3 is 1.89 bits per heavy atom. The van der Waals surface area contributed by atoms with Gasteiger partial charge in [-0.05, 0) is 12.1 Å². The van der Waals surface area contributed by atoms with E-state index in [0.717, 1.165) is 5.69 Å². The molecular formula is C16H15F6N3OS. The molecule has 0 amide bonds. The highest BCUT2D eigenvalue weighted by Crippen LogP contribution is 2.52. The van der Waals surface area contributed by atoms with Gasteiger partial charge in [0.1, 0.15) is 0 Å². The summed E-state index contributed by atoms with van der Waals surface area (Å²) in [6.45, 7) is 1.86. The van der Waals surface area contributed by atoms with Crippen molar-refractivity contribution in [2.45, 2.75) is 18.0 Å². The smallest absolute Gasteiger partial charge is 0.369 e. The highest BCUT2D eigenvalue weighted by Gasteiger charge is 2.72. The Hall–Kier alpha value is -2.01. The second kappa shape index (κ2) is 6.86. The van der Waals surface area contributed by atoms with Crippen molar-refractivity contribution in [1.29, 1.82) is 0 Å². The second-order valence-electron chi connectivity index (χ2n) is 6.02. The number of benzene rings is 1. The number of alkyl halides is 6. The van der Waals surface area contributed by atoms with Crippen molar-refractivity contribution in [3.63, 3.8) is 0 Å². The molecule has 0 unspecified atom stereocenters. The molecule has 0 bridgehead atoms. The van der Waals surface area contributed by atoms with E-state index in [1.807, 2.05) is 30.3 Å². The zero-order chi connectivity index (χ0) is 19.9. The predicted molar refractivity (Wildman–Crippen MR) is 89.0 cm³/mol. The maximum Gasteiger partial charge on any atom is 0.431 e. The number of thiazole rings is 1. The van der Waals surface area contributed by atoms with Crippen molar-refractivity contribution in [3.8, 4) is 0 Å². The number of para-hydroxylation sites is 1.